The van der Waals surface area contributed by atoms with E-state index in [1.165, 1.54) is 11.9 Å². The number of carbonyl (C=O) groups excluding carboxylic acids is 2. The Morgan fingerprint density at radius 2 is 1.92 bits per heavy atom. The summed E-state index contributed by atoms with van der Waals surface area (Å²) in [6.45, 7) is 3.29. The summed E-state index contributed by atoms with van der Waals surface area (Å²) in [6.07, 6.45) is 0. The second-order valence-electron chi connectivity index (χ2n) is 5.69. The zero-order valence-corrected chi connectivity index (χ0v) is 15.2. The van der Waals surface area contributed by atoms with E-state index in [4.69, 9.17) is 16.3 Å². The van der Waals surface area contributed by atoms with Crippen LogP contribution in [0.1, 0.15) is 32.1 Å². The monoisotopic (exact) mass is 373 g/mol. The van der Waals surface area contributed by atoms with E-state index in [0.29, 0.717) is 33.4 Å². The van der Waals surface area contributed by atoms with Gasteiger partial charge in [0.2, 0.25) is 11.6 Å². The van der Waals surface area contributed by atoms with Crippen molar-refractivity contribution >= 4 is 23.4 Å². The SMILES string of the molecule is COC(=O)c1c(C)[nH]c(C(=O)Cn2nnc(-c3ccc(Cl)cc3)n2)c1C. The fourth-order valence-electron chi connectivity index (χ4n) is 2.67. The van der Waals surface area contributed by atoms with Crippen LogP contribution in [0, 0.1) is 13.8 Å². The highest BCUT2D eigenvalue weighted by Crippen LogP contribution is 2.20. The summed E-state index contributed by atoms with van der Waals surface area (Å²) in [5.41, 5.74) is 2.55. The molecule has 0 atom stereocenters. The average Bonchev–Trinajstić information content (AvgIpc) is 3.19. The van der Waals surface area contributed by atoms with Crippen LogP contribution in [0.3, 0.4) is 0 Å². The van der Waals surface area contributed by atoms with Crippen molar-refractivity contribution in [3.8, 4) is 11.4 Å². The molecule has 0 aliphatic carbocycles. The number of hydrogen-bond acceptors (Lipinski definition) is 6. The topological polar surface area (TPSA) is 103 Å². The van der Waals surface area contributed by atoms with Gasteiger partial charge in [-0.15, -0.1) is 10.2 Å². The number of esters is 1. The number of rotatable bonds is 5. The van der Waals surface area contributed by atoms with Crippen LogP contribution in [0.2, 0.25) is 5.02 Å². The zero-order chi connectivity index (χ0) is 18.8. The lowest BCUT2D eigenvalue weighted by atomic mass is 10.1. The normalized spacial score (nSPS) is 10.8. The number of carbonyl (C=O) groups is 2. The number of halogens is 1. The van der Waals surface area contributed by atoms with E-state index in [2.05, 4.69) is 20.4 Å². The zero-order valence-electron chi connectivity index (χ0n) is 14.4. The summed E-state index contributed by atoms with van der Waals surface area (Å²) in [6, 6.07) is 6.99. The van der Waals surface area contributed by atoms with Gasteiger partial charge in [0.1, 0.15) is 6.54 Å². The van der Waals surface area contributed by atoms with Gasteiger partial charge in [-0.3, -0.25) is 4.79 Å². The molecule has 2 heterocycles. The average molecular weight is 374 g/mol. The predicted octanol–water partition coefficient (Wildman–Crippen LogP) is 2.61. The van der Waals surface area contributed by atoms with E-state index in [-0.39, 0.29) is 12.3 Å². The Morgan fingerprint density at radius 1 is 1.23 bits per heavy atom. The Balaban J connectivity index is 1.81. The molecule has 0 aliphatic rings. The number of Topliss-reactive ketones (excluding diaryl/α,β-unsaturated/α-hetero) is 1. The van der Waals surface area contributed by atoms with Crippen molar-refractivity contribution in [2.45, 2.75) is 20.4 Å². The van der Waals surface area contributed by atoms with Crippen molar-refractivity contribution < 1.29 is 14.3 Å². The fraction of sp³-hybridized carbons (Fsp3) is 0.235. The van der Waals surface area contributed by atoms with Crippen LogP contribution in [0.4, 0.5) is 0 Å². The highest BCUT2D eigenvalue weighted by molar-refractivity contribution is 6.30. The number of nitrogens with zero attached hydrogens (tertiary/aromatic N) is 4. The predicted molar refractivity (Wildman–Crippen MR) is 94.2 cm³/mol. The Morgan fingerprint density at radius 3 is 2.58 bits per heavy atom. The molecule has 1 N–H and O–H groups in total. The maximum absolute atomic E-state index is 12.6. The summed E-state index contributed by atoms with van der Waals surface area (Å²) in [4.78, 5) is 28.5. The largest absolute Gasteiger partial charge is 0.465 e. The lowest BCUT2D eigenvalue weighted by Gasteiger charge is -2.01. The van der Waals surface area contributed by atoms with Gasteiger partial charge in [0.05, 0.1) is 18.4 Å². The molecule has 0 saturated carbocycles. The molecule has 0 saturated heterocycles. The Bertz CT molecular complexity index is 975. The van der Waals surface area contributed by atoms with E-state index in [0.717, 1.165) is 5.56 Å². The maximum atomic E-state index is 12.6. The van der Waals surface area contributed by atoms with Crippen LogP contribution < -0.4 is 0 Å². The molecule has 0 amide bonds. The first kappa shape index (κ1) is 17.8. The molecule has 3 aromatic rings. The first-order valence-electron chi connectivity index (χ1n) is 7.75. The van der Waals surface area contributed by atoms with Crippen LogP contribution in [0.15, 0.2) is 24.3 Å². The van der Waals surface area contributed by atoms with Gasteiger partial charge in [0, 0.05) is 16.3 Å². The first-order chi connectivity index (χ1) is 12.4. The van der Waals surface area contributed by atoms with E-state index < -0.39 is 5.97 Å². The molecule has 1 aromatic carbocycles. The third-order valence-electron chi connectivity index (χ3n) is 3.95. The fourth-order valence-corrected chi connectivity index (χ4v) is 2.80. The van der Waals surface area contributed by atoms with Crippen molar-refractivity contribution in [3.05, 3.63) is 51.8 Å². The molecule has 8 nitrogen and oxygen atoms in total. The van der Waals surface area contributed by atoms with Crippen molar-refractivity contribution in [1.29, 1.82) is 0 Å². The summed E-state index contributed by atoms with van der Waals surface area (Å²) < 4.78 is 4.75. The van der Waals surface area contributed by atoms with Gasteiger partial charge >= 0.3 is 5.97 Å². The van der Waals surface area contributed by atoms with E-state index in [9.17, 15) is 9.59 Å². The van der Waals surface area contributed by atoms with Crippen LogP contribution in [0.5, 0.6) is 0 Å². The summed E-state index contributed by atoms with van der Waals surface area (Å²) >= 11 is 5.86. The standard InChI is InChI=1S/C17H16ClN5O3/c1-9-14(17(25)26-3)10(2)19-15(9)13(24)8-23-21-16(20-22-23)11-4-6-12(18)7-5-11/h4-7,19H,8H2,1-3H3. The lowest BCUT2D eigenvalue weighted by Crippen LogP contribution is -2.15. The number of tetrazole rings is 1. The molecule has 0 unspecified atom stereocenters. The van der Waals surface area contributed by atoms with Crippen molar-refractivity contribution in [2.24, 2.45) is 0 Å². The Hall–Kier alpha value is -3.00. The number of aryl methyl sites for hydroxylation is 1. The number of aromatic nitrogens is 5. The molecule has 26 heavy (non-hydrogen) atoms. The van der Waals surface area contributed by atoms with Crippen LogP contribution >= 0.6 is 11.6 Å². The lowest BCUT2D eigenvalue weighted by molar-refractivity contribution is 0.0599. The van der Waals surface area contributed by atoms with E-state index in [1.54, 1.807) is 38.1 Å². The number of ketones is 1. The van der Waals surface area contributed by atoms with Crippen molar-refractivity contribution in [1.82, 2.24) is 25.2 Å². The molecular weight excluding hydrogens is 358 g/mol. The number of H-pyrrole nitrogens is 1. The second-order valence-corrected chi connectivity index (χ2v) is 6.13. The number of nitrogens with one attached hydrogen (secondary N) is 1. The minimum absolute atomic E-state index is 0.109. The number of aromatic amines is 1. The maximum Gasteiger partial charge on any atom is 0.339 e. The minimum atomic E-state index is -0.487. The summed E-state index contributed by atoms with van der Waals surface area (Å²) in [5.74, 6) is -0.357. The van der Waals surface area contributed by atoms with Gasteiger partial charge in [-0.05, 0) is 48.9 Å². The molecular formula is C17H16ClN5O3. The highest BCUT2D eigenvalue weighted by atomic mass is 35.5. The molecule has 9 heteroatoms. The molecule has 0 aliphatic heterocycles. The number of benzene rings is 1. The van der Waals surface area contributed by atoms with Crippen molar-refractivity contribution in [2.75, 3.05) is 7.11 Å². The Kier molecular flexibility index (Phi) is 4.85. The van der Waals surface area contributed by atoms with Gasteiger partial charge in [-0.1, -0.05) is 11.6 Å². The molecule has 2 aromatic heterocycles. The Labute approximate surface area is 154 Å². The third-order valence-corrected chi connectivity index (χ3v) is 4.20. The highest BCUT2D eigenvalue weighted by Gasteiger charge is 2.23. The number of hydrogen-bond donors (Lipinski definition) is 1. The summed E-state index contributed by atoms with van der Waals surface area (Å²) in [5, 5.41) is 12.7. The van der Waals surface area contributed by atoms with Crippen LogP contribution in [0.25, 0.3) is 11.4 Å². The number of methoxy groups -OCH3 is 1. The minimum Gasteiger partial charge on any atom is -0.465 e. The summed E-state index contributed by atoms with van der Waals surface area (Å²) in [7, 11) is 1.30. The second kappa shape index (κ2) is 7.09. The van der Waals surface area contributed by atoms with Crippen LogP contribution in [-0.4, -0.2) is 44.1 Å². The molecule has 3 rings (SSSR count). The molecule has 0 spiro atoms. The van der Waals surface area contributed by atoms with E-state index >= 15 is 0 Å². The van der Waals surface area contributed by atoms with Gasteiger partial charge in [-0.2, -0.15) is 4.80 Å². The first-order valence-corrected chi connectivity index (χ1v) is 8.13. The van der Waals surface area contributed by atoms with Crippen LogP contribution in [-0.2, 0) is 11.3 Å². The molecule has 0 fully saturated rings. The van der Waals surface area contributed by atoms with Gasteiger partial charge in [0.15, 0.2) is 0 Å². The van der Waals surface area contributed by atoms with E-state index in [1.807, 2.05) is 0 Å². The number of ether oxygens (including phenoxy) is 1. The molecule has 0 bridgehead atoms. The van der Waals surface area contributed by atoms with Gasteiger partial charge in [0.25, 0.3) is 0 Å². The molecule has 134 valence electrons. The molecule has 0 radical (unpaired) electrons. The quantitative estimate of drug-likeness (QED) is 0.544. The third kappa shape index (κ3) is 3.36. The van der Waals surface area contributed by atoms with Crippen molar-refractivity contribution in [3.63, 3.8) is 0 Å². The van der Waals surface area contributed by atoms with Gasteiger partial charge in [-0.25, -0.2) is 4.79 Å². The smallest absolute Gasteiger partial charge is 0.339 e. The van der Waals surface area contributed by atoms with Gasteiger partial charge < -0.3 is 9.72 Å².